The molecule has 1 unspecified atom stereocenters. The molecule has 0 radical (unpaired) electrons. The zero-order valence-corrected chi connectivity index (χ0v) is 18.4. The van der Waals surface area contributed by atoms with E-state index >= 15 is 0 Å². The molecule has 0 aromatic heterocycles. The van der Waals surface area contributed by atoms with Crippen molar-refractivity contribution in [3.8, 4) is 0 Å². The van der Waals surface area contributed by atoms with Crippen LogP contribution in [0.3, 0.4) is 0 Å². The Labute approximate surface area is 179 Å². The minimum atomic E-state index is -0.164. The highest BCUT2D eigenvalue weighted by atomic mass is 16.5. The van der Waals surface area contributed by atoms with Gasteiger partial charge in [-0.2, -0.15) is 0 Å². The molecular formula is C23H35N3O4. The van der Waals surface area contributed by atoms with Crippen LogP contribution in [0.1, 0.15) is 52.0 Å². The van der Waals surface area contributed by atoms with Gasteiger partial charge < -0.3 is 19.9 Å². The zero-order chi connectivity index (χ0) is 21.9. The number of piperidine rings is 1. The van der Waals surface area contributed by atoms with Gasteiger partial charge in [-0.15, -0.1) is 0 Å². The van der Waals surface area contributed by atoms with Gasteiger partial charge in [0.1, 0.15) is 0 Å². The molecule has 7 heteroatoms. The maximum Gasteiger partial charge on any atom is 0.317 e. The number of esters is 1. The van der Waals surface area contributed by atoms with Crippen LogP contribution in [0.5, 0.6) is 0 Å². The molecule has 3 amide bonds. The zero-order valence-electron chi connectivity index (χ0n) is 18.4. The summed E-state index contributed by atoms with van der Waals surface area (Å²) in [5.41, 5.74) is 1.04. The maximum absolute atomic E-state index is 12.7. The number of nitrogens with one attached hydrogen (secondary N) is 1. The van der Waals surface area contributed by atoms with Gasteiger partial charge in [-0.05, 0) is 38.7 Å². The fourth-order valence-electron chi connectivity index (χ4n) is 3.62. The third kappa shape index (κ3) is 7.04. The standard InChI is InChI=1S/C23H35N3O4/c1-4-18(3)26(23(29)24-17-19-9-7-6-8-10-19)16-13-21(27)25-14-11-20(12-15-25)22(28)30-5-2/h6-10,18,20H,4-5,11-17H2,1-3H3,(H,24,29). The third-order valence-corrected chi connectivity index (χ3v) is 5.70. The van der Waals surface area contributed by atoms with E-state index in [-0.39, 0.29) is 36.3 Å². The van der Waals surface area contributed by atoms with Crippen molar-refractivity contribution in [1.82, 2.24) is 15.1 Å². The fraction of sp³-hybridized carbons (Fsp3) is 0.609. The Morgan fingerprint density at radius 3 is 2.43 bits per heavy atom. The first-order valence-corrected chi connectivity index (χ1v) is 11.0. The van der Waals surface area contributed by atoms with Gasteiger partial charge in [0.05, 0.1) is 12.5 Å². The van der Waals surface area contributed by atoms with E-state index < -0.39 is 0 Å². The Hall–Kier alpha value is -2.57. The Morgan fingerprint density at radius 2 is 1.83 bits per heavy atom. The lowest BCUT2D eigenvalue weighted by molar-refractivity contribution is -0.151. The SMILES string of the molecule is CCOC(=O)C1CCN(C(=O)CCN(C(=O)NCc2ccccc2)C(C)CC)CC1. The summed E-state index contributed by atoms with van der Waals surface area (Å²) in [4.78, 5) is 40.8. The summed E-state index contributed by atoms with van der Waals surface area (Å²) in [7, 11) is 0. The first-order valence-electron chi connectivity index (χ1n) is 11.0. The van der Waals surface area contributed by atoms with Gasteiger partial charge in [-0.25, -0.2) is 4.79 Å². The van der Waals surface area contributed by atoms with E-state index in [0.29, 0.717) is 45.6 Å². The van der Waals surface area contributed by atoms with Gasteiger partial charge in [-0.3, -0.25) is 9.59 Å². The average molecular weight is 418 g/mol. The van der Waals surface area contributed by atoms with E-state index in [1.807, 2.05) is 44.2 Å². The van der Waals surface area contributed by atoms with E-state index in [2.05, 4.69) is 5.32 Å². The van der Waals surface area contributed by atoms with Gasteiger partial charge >= 0.3 is 12.0 Å². The molecule has 1 saturated heterocycles. The van der Waals surface area contributed by atoms with Crippen LogP contribution in [0.4, 0.5) is 4.79 Å². The molecule has 1 aromatic rings. The summed E-state index contributed by atoms with van der Waals surface area (Å²) in [6, 6.07) is 9.66. The fourth-order valence-corrected chi connectivity index (χ4v) is 3.62. The molecule has 0 saturated carbocycles. The number of likely N-dealkylation sites (tertiary alicyclic amines) is 1. The number of amides is 3. The second kappa shape index (κ2) is 12.2. The molecule has 0 bridgehead atoms. The number of hydrogen-bond donors (Lipinski definition) is 1. The largest absolute Gasteiger partial charge is 0.466 e. The van der Waals surface area contributed by atoms with Gasteiger partial charge in [-0.1, -0.05) is 37.3 Å². The third-order valence-electron chi connectivity index (χ3n) is 5.70. The van der Waals surface area contributed by atoms with Crippen LogP contribution in [0.25, 0.3) is 0 Å². The van der Waals surface area contributed by atoms with Crippen molar-refractivity contribution in [1.29, 1.82) is 0 Å². The van der Waals surface area contributed by atoms with Crippen molar-refractivity contribution in [2.75, 3.05) is 26.2 Å². The predicted molar refractivity (Wildman–Crippen MR) is 116 cm³/mol. The lowest BCUT2D eigenvalue weighted by atomic mass is 9.97. The Bertz CT molecular complexity index is 687. The molecule has 1 aromatic carbocycles. The molecule has 1 aliphatic rings. The van der Waals surface area contributed by atoms with Crippen LogP contribution in [0.2, 0.25) is 0 Å². The maximum atomic E-state index is 12.7. The van der Waals surface area contributed by atoms with Crippen molar-refractivity contribution in [3.63, 3.8) is 0 Å². The van der Waals surface area contributed by atoms with E-state index in [9.17, 15) is 14.4 Å². The van der Waals surface area contributed by atoms with Gasteiger partial charge in [0.15, 0.2) is 0 Å². The number of carbonyl (C=O) groups is 3. The monoisotopic (exact) mass is 417 g/mol. The number of benzene rings is 1. The van der Waals surface area contributed by atoms with Crippen molar-refractivity contribution in [2.24, 2.45) is 5.92 Å². The number of urea groups is 1. The van der Waals surface area contributed by atoms with Crippen molar-refractivity contribution in [2.45, 2.75) is 59.0 Å². The van der Waals surface area contributed by atoms with E-state index in [1.165, 1.54) is 0 Å². The van der Waals surface area contributed by atoms with Crippen LogP contribution in [-0.4, -0.2) is 60.0 Å². The van der Waals surface area contributed by atoms with Crippen molar-refractivity contribution < 1.29 is 19.1 Å². The Balaban J connectivity index is 1.83. The second-order valence-corrected chi connectivity index (χ2v) is 7.75. The van der Waals surface area contributed by atoms with Crippen LogP contribution in [0.15, 0.2) is 30.3 Å². The molecule has 1 fully saturated rings. The summed E-state index contributed by atoms with van der Waals surface area (Å²) in [5, 5.41) is 2.96. The molecule has 1 aliphatic heterocycles. The first-order chi connectivity index (χ1) is 14.5. The smallest absolute Gasteiger partial charge is 0.317 e. The molecule has 1 N–H and O–H groups in total. The molecule has 166 valence electrons. The van der Waals surface area contributed by atoms with Gasteiger partial charge in [0, 0.05) is 38.6 Å². The van der Waals surface area contributed by atoms with Crippen molar-refractivity contribution in [3.05, 3.63) is 35.9 Å². The van der Waals surface area contributed by atoms with E-state index in [0.717, 1.165) is 12.0 Å². The molecular weight excluding hydrogens is 382 g/mol. The molecule has 0 aliphatic carbocycles. The average Bonchev–Trinajstić information content (AvgIpc) is 2.78. The summed E-state index contributed by atoms with van der Waals surface area (Å²) >= 11 is 0. The lowest BCUT2D eigenvalue weighted by Gasteiger charge is -2.33. The van der Waals surface area contributed by atoms with Crippen LogP contribution >= 0.6 is 0 Å². The van der Waals surface area contributed by atoms with Gasteiger partial charge in [0.2, 0.25) is 5.91 Å². The minimum Gasteiger partial charge on any atom is -0.466 e. The number of hydrogen-bond acceptors (Lipinski definition) is 4. The first kappa shape index (κ1) is 23.7. The molecule has 0 spiro atoms. The minimum absolute atomic E-state index is 0.0291. The van der Waals surface area contributed by atoms with Crippen molar-refractivity contribution >= 4 is 17.9 Å². The van der Waals surface area contributed by atoms with Crippen LogP contribution < -0.4 is 5.32 Å². The lowest BCUT2D eigenvalue weighted by Crippen LogP contribution is -2.47. The van der Waals surface area contributed by atoms with E-state index in [4.69, 9.17) is 4.74 Å². The highest BCUT2D eigenvalue weighted by molar-refractivity contribution is 5.79. The normalized spacial score (nSPS) is 15.4. The molecule has 1 heterocycles. The molecule has 2 rings (SSSR count). The predicted octanol–water partition coefficient (Wildman–Crippen LogP) is 3.19. The number of rotatable bonds is 9. The van der Waals surface area contributed by atoms with Crippen LogP contribution in [-0.2, 0) is 20.9 Å². The quantitative estimate of drug-likeness (QED) is 0.626. The summed E-state index contributed by atoms with van der Waals surface area (Å²) < 4.78 is 5.08. The molecule has 1 atom stereocenters. The second-order valence-electron chi connectivity index (χ2n) is 7.75. The molecule has 30 heavy (non-hydrogen) atoms. The number of carbonyl (C=O) groups excluding carboxylic acids is 3. The van der Waals surface area contributed by atoms with Gasteiger partial charge in [0.25, 0.3) is 0 Å². The highest BCUT2D eigenvalue weighted by Gasteiger charge is 2.29. The molecule has 7 nitrogen and oxygen atoms in total. The Kier molecular flexibility index (Phi) is 9.64. The van der Waals surface area contributed by atoms with E-state index in [1.54, 1.807) is 16.7 Å². The highest BCUT2D eigenvalue weighted by Crippen LogP contribution is 2.19. The Morgan fingerprint density at radius 1 is 1.17 bits per heavy atom. The number of nitrogens with zero attached hydrogens (tertiary/aromatic N) is 2. The summed E-state index contributed by atoms with van der Waals surface area (Å²) in [6.45, 7) is 8.18. The summed E-state index contributed by atoms with van der Waals surface area (Å²) in [6.07, 6.45) is 2.37. The van der Waals surface area contributed by atoms with Crippen LogP contribution in [0, 0.1) is 5.92 Å². The number of ether oxygens (including phenoxy) is 1. The summed E-state index contributed by atoms with van der Waals surface area (Å²) in [5.74, 6) is -0.251. The topological polar surface area (TPSA) is 79.0 Å².